The van der Waals surface area contributed by atoms with Gasteiger partial charge in [-0.05, 0) is 27.7 Å². The fraction of sp³-hybridized carbons (Fsp3) is 0.800. The van der Waals surface area contributed by atoms with Crippen LogP contribution >= 0.6 is 8.53 Å². The van der Waals surface area contributed by atoms with Gasteiger partial charge in [0.2, 0.25) is 0 Å². The van der Waals surface area contributed by atoms with Crippen LogP contribution in [0.5, 0.6) is 0 Å². The molecule has 0 aromatic heterocycles. The van der Waals surface area contributed by atoms with Crippen LogP contribution in [0.15, 0.2) is 0 Å². The van der Waals surface area contributed by atoms with Crippen molar-refractivity contribution in [2.45, 2.75) is 39.8 Å². The number of nitrogens with zero attached hydrogens (tertiary/aromatic N) is 3. The third kappa shape index (κ3) is 4.88. The second kappa shape index (κ2) is 7.54. The molecule has 1 N–H and O–H groups in total. The van der Waals surface area contributed by atoms with Gasteiger partial charge in [-0.25, -0.2) is 4.67 Å². The van der Waals surface area contributed by atoms with Crippen molar-refractivity contribution in [1.82, 2.24) is 4.67 Å². The molecule has 0 bridgehead atoms. The summed E-state index contributed by atoms with van der Waals surface area (Å²) in [5.74, 6) is -0.821. The van der Waals surface area contributed by atoms with E-state index in [0.29, 0.717) is 0 Å². The standard InChI is InChI=1S/C10H18N3O2P/c1-8(2)13(9(3)4)16(14)15-7-10(5-11)6-12/h8-10,14H,7H2,1-4H3. The summed E-state index contributed by atoms with van der Waals surface area (Å²) in [6, 6.07) is 3.90. The predicted octanol–water partition coefficient (Wildman–Crippen LogP) is 2.00. The van der Waals surface area contributed by atoms with Gasteiger partial charge in [0.1, 0.15) is 0 Å². The van der Waals surface area contributed by atoms with E-state index in [1.54, 1.807) is 12.1 Å². The Kier molecular flexibility index (Phi) is 7.21. The van der Waals surface area contributed by atoms with Crippen LogP contribution in [0.3, 0.4) is 0 Å². The van der Waals surface area contributed by atoms with E-state index in [0.717, 1.165) is 0 Å². The molecular formula is C10H18N3O2P. The Morgan fingerprint density at radius 2 is 1.62 bits per heavy atom. The molecule has 0 aliphatic carbocycles. The Labute approximate surface area is 98.2 Å². The molecule has 0 aliphatic heterocycles. The lowest BCUT2D eigenvalue weighted by atomic mass is 10.2. The van der Waals surface area contributed by atoms with Crippen LogP contribution in [0.2, 0.25) is 0 Å². The van der Waals surface area contributed by atoms with Crippen LogP contribution in [0.1, 0.15) is 27.7 Å². The van der Waals surface area contributed by atoms with Crippen molar-refractivity contribution in [3.63, 3.8) is 0 Å². The molecule has 0 aliphatic rings. The number of rotatable bonds is 6. The number of hydrogen-bond donors (Lipinski definition) is 1. The highest BCUT2D eigenvalue weighted by molar-refractivity contribution is 7.43. The van der Waals surface area contributed by atoms with E-state index in [-0.39, 0.29) is 18.7 Å². The summed E-state index contributed by atoms with van der Waals surface area (Å²) >= 11 is 0. The maximum Gasteiger partial charge on any atom is 0.256 e. The predicted molar refractivity (Wildman–Crippen MR) is 61.9 cm³/mol. The van der Waals surface area contributed by atoms with Crippen molar-refractivity contribution in [2.75, 3.05) is 6.61 Å². The molecule has 5 nitrogen and oxygen atoms in total. The van der Waals surface area contributed by atoms with E-state index >= 15 is 0 Å². The first-order chi connectivity index (χ1) is 7.43. The van der Waals surface area contributed by atoms with Gasteiger partial charge >= 0.3 is 0 Å². The van der Waals surface area contributed by atoms with E-state index in [1.807, 2.05) is 32.4 Å². The van der Waals surface area contributed by atoms with E-state index in [2.05, 4.69) is 0 Å². The fourth-order valence-electron chi connectivity index (χ4n) is 1.30. The maximum absolute atomic E-state index is 9.84. The van der Waals surface area contributed by atoms with Gasteiger partial charge in [0.15, 0.2) is 5.92 Å². The highest BCUT2D eigenvalue weighted by Crippen LogP contribution is 2.40. The smallest absolute Gasteiger partial charge is 0.256 e. The molecule has 1 atom stereocenters. The minimum atomic E-state index is -1.74. The van der Waals surface area contributed by atoms with E-state index < -0.39 is 14.4 Å². The van der Waals surface area contributed by atoms with Gasteiger partial charge in [-0.2, -0.15) is 10.5 Å². The quantitative estimate of drug-likeness (QED) is 0.722. The molecule has 90 valence electrons. The van der Waals surface area contributed by atoms with E-state index in [1.165, 1.54) is 0 Å². The Morgan fingerprint density at radius 1 is 1.19 bits per heavy atom. The Morgan fingerprint density at radius 3 is 1.94 bits per heavy atom. The van der Waals surface area contributed by atoms with Crippen LogP contribution in [0.25, 0.3) is 0 Å². The van der Waals surface area contributed by atoms with Gasteiger partial charge in [-0.3, -0.25) is 0 Å². The van der Waals surface area contributed by atoms with E-state index in [9.17, 15) is 4.89 Å². The number of nitriles is 2. The molecular weight excluding hydrogens is 225 g/mol. The average Bonchev–Trinajstić information content (AvgIpc) is 2.18. The van der Waals surface area contributed by atoms with Crippen LogP contribution in [0, 0.1) is 28.6 Å². The minimum absolute atomic E-state index is 0.0505. The van der Waals surface area contributed by atoms with Crippen molar-refractivity contribution in [2.24, 2.45) is 5.92 Å². The normalized spacial score (nSPS) is 13.2. The van der Waals surface area contributed by atoms with Crippen molar-refractivity contribution in [3.05, 3.63) is 0 Å². The Bertz CT molecular complexity index is 261. The van der Waals surface area contributed by atoms with Gasteiger partial charge in [0.25, 0.3) is 8.53 Å². The monoisotopic (exact) mass is 243 g/mol. The molecule has 1 unspecified atom stereocenters. The lowest BCUT2D eigenvalue weighted by molar-refractivity contribution is 0.207. The first kappa shape index (κ1) is 15.3. The van der Waals surface area contributed by atoms with Crippen LogP contribution < -0.4 is 0 Å². The molecule has 0 radical (unpaired) electrons. The molecule has 0 fully saturated rings. The SMILES string of the molecule is CC(C)N(C(C)C)P(O)OCC(C#N)C#N. The molecule has 0 aromatic rings. The second-order valence-corrected chi connectivity index (χ2v) is 5.15. The lowest BCUT2D eigenvalue weighted by Gasteiger charge is -2.32. The van der Waals surface area contributed by atoms with Crippen molar-refractivity contribution < 1.29 is 9.42 Å². The molecule has 16 heavy (non-hydrogen) atoms. The largest absolute Gasteiger partial charge is 0.338 e. The van der Waals surface area contributed by atoms with Gasteiger partial charge < -0.3 is 9.42 Å². The van der Waals surface area contributed by atoms with Gasteiger partial charge in [-0.1, -0.05) is 0 Å². The first-order valence-corrected chi connectivity index (χ1v) is 6.30. The molecule has 0 spiro atoms. The summed E-state index contributed by atoms with van der Waals surface area (Å²) in [5, 5.41) is 17.1. The fourth-order valence-corrected chi connectivity index (χ4v) is 2.51. The molecule has 0 aromatic carbocycles. The van der Waals surface area contributed by atoms with Gasteiger partial charge in [0, 0.05) is 12.1 Å². The van der Waals surface area contributed by atoms with Crippen LogP contribution in [-0.4, -0.2) is 28.3 Å². The summed E-state index contributed by atoms with van der Waals surface area (Å²) in [4.78, 5) is 9.84. The third-order valence-electron chi connectivity index (χ3n) is 1.92. The summed E-state index contributed by atoms with van der Waals surface area (Å²) in [5.41, 5.74) is 0. The molecule has 0 saturated heterocycles. The van der Waals surface area contributed by atoms with Gasteiger partial charge in [-0.15, -0.1) is 0 Å². The zero-order valence-corrected chi connectivity index (χ0v) is 11.0. The second-order valence-electron chi connectivity index (χ2n) is 3.93. The van der Waals surface area contributed by atoms with Crippen molar-refractivity contribution >= 4 is 8.53 Å². The zero-order chi connectivity index (χ0) is 12.7. The van der Waals surface area contributed by atoms with Crippen LogP contribution in [-0.2, 0) is 4.52 Å². The highest BCUT2D eigenvalue weighted by Gasteiger charge is 2.24. The van der Waals surface area contributed by atoms with Crippen molar-refractivity contribution in [3.8, 4) is 12.1 Å². The third-order valence-corrected chi connectivity index (χ3v) is 3.62. The summed E-state index contributed by atoms with van der Waals surface area (Å²) in [6.45, 7) is 7.79. The first-order valence-electron chi connectivity index (χ1n) is 5.13. The zero-order valence-electron chi connectivity index (χ0n) is 10.1. The topological polar surface area (TPSA) is 80.3 Å². The average molecular weight is 243 g/mol. The molecule has 0 amide bonds. The summed E-state index contributed by atoms with van der Waals surface area (Å²) < 4.78 is 6.99. The Hall–Kier alpha value is -0.710. The van der Waals surface area contributed by atoms with Crippen molar-refractivity contribution in [1.29, 1.82) is 10.5 Å². The molecule has 6 heteroatoms. The summed E-state index contributed by atoms with van der Waals surface area (Å²) in [6.07, 6.45) is 0. The van der Waals surface area contributed by atoms with E-state index in [4.69, 9.17) is 15.0 Å². The molecule has 0 heterocycles. The minimum Gasteiger partial charge on any atom is -0.338 e. The lowest BCUT2D eigenvalue weighted by Crippen LogP contribution is -2.33. The molecule has 0 saturated carbocycles. The number of hydrogen-bond acceptors (Lipinski definition) is 5. The Balaban J connectivity index is 4.28. The molecule has 0 rings (SSSR count). The maximum atomic E-state index is 9.84. The summed E-state index contributed by atoms with van der Waals surface area (Å²) in [7, 11) is -1.74. The van der Waals surface area contributed by atoms with Crippen LogP contribution in [0.4, 0.5) is 0 Å². The highest BCUT2D eigenvalue weighted by atomic mass is 31.2. The van der Waals surface area contributed by atoms with Gasteiger partial charge in [0.05, 0.1) is 18.7 Å².